The molecule has 5 nitrogen and oxygen atoms in total. The molecule has 0 aromatic carbocycles. The van der Waals surface area contributed by atoms with E-state index in [1.807, 2.05) is 18.2 Å². The number of hydrogen-bond donors (Lipinski definition) is 2. The van der Waals surface area contributed by atoms with Crippen LogP contribution < -0.4 is 10.6 Å². The Kier molecular flexibility index (Phi) is 3.50. The quantitative estimate of drug-likeness (QED) is 0.868. The lowest BCUT2D eigenvalue weighted by Crippen LogP contribution is -2.26. The number of hydrogen-bond acceptors (Lipinski definition) is 5. The number of nitrogens with zero attached hydrogens (tertiary/aromatic N) is 2. The van der Waals surface area contributed by atoms with Crippen molar-refractivity contribution < 1.29 is 4.42 Å². The van der Waals surface area contributed by atoms with Gasteiger partial charge in [-0.1, -0.05) is 0 Å². The van der Waals surface area contributed by atoms with E-state index in [1.54, 1.807) is 12.6 Å². The van der Waals surface area contributed by atoms with Crippen molar-refractivity contribution in [3.05, 3.63) is 36.5 Å². The van der Waals surface area contributed by atoms with Gasteiger partial charge in [-0.15, -0.1) is 0 Å². The molecule has 0 aliphatic rings. The molecule has 0 amide bonds. The van der Waals surface area contributed by atoms with Gasteiger partial charge in [-0.3, -0.25) is 0 Å². The average molecular weight is 246 g/mol. The molecule has 96 valence electrons. The lowest BCUT2D eigenvalue weighted by molar-refractivity contribution is 0.518. The van der Waals surface area contributed by atoms with Gasteiger partial charge in [0.25, 0.3) is 0 Å². The van der Waals surface area contributed by atoms with Crippen LogP contribution in [0.2, 0.25) is 0 Å². The molecule has 0 radical (unpaired) electrons. The Bertz CT molecular complexity index is 488. The Hall–Kier alpha value is -2.04. The third-order valence-corrected chi connectivity index (χ3v) is 2.19. The molecule has 2 aromatic heterocycles. The summed E-state index contributed by atoms with van der Waals surface area (Å²) in [6.07, 6.45) is 3.20. The second-order valence-electron chi connectivity index (χ2n) is 5.10. The largest absolute Gasteiger partial charge is 0.467 e. The Morgan fingerprint density at radius 1 is 1.22 bits per heavy atom. The summed E-state index contributed by atoms with van der Waals surface area (Å²) in [4.78, 5) is 8.35. The molecule has 2 rings (SSSR count). The number of furan rings is 1. The molecule has 0 bridgehead atoms. The van der Waals surface area contributed by atoms with Gasteiger partial charge in [0.2, 0.25) is 0 Å². The zero-order valence-corrected chi connectivity index (χ0v) is 10.9. The first-order valence-corrected chi connectivity index (χ1v) is 5.89. The van der Waals surface area contributed by atoms with Gasteiger partial charge in [0, 0.05) is 11.6 Å². The Morgan fingerprint density at radius 3 is 2.67 bits per heavy atom. The monoisotopic (exact) mass is 246 g/mol. The molecule has 2 N–H and O–H groups in total. The predicted octanol–water partition coefficient (Wildman–Crippen LogP) is 2.89. The first kappa shape index (κ1) is 12.4. The van der Waals surface area contributed by atoms with Crippen molar-refractivity contribution in [1.29, 1.82) is 0 Å². The molecular formula is C13H18N4O. The first-order chi connectivity index (χ1) is 8.53. The summed E-state index contributed by atoms with van der Waals surface area (Å²) in [5.74, 6) is 2.45. The van der Waals surface area contributed by atoms with Crippen molar-refractivity contribution in [2.75, 3.05) is 10.6 Å². The van der Waals surface area contributed by atoms with Gasteiger partial charge in [-0.2, -0.15) is 0 Å². The molecule has 0 aliphatic carbocycles. The summed E-state index contributed by atoms with van der Waals surface area (Å²) in [7, 11) is 0. The molecule has 0 aliphatic heterocycles. The number of rotatable bonds is 4. The summed E-state index contributed by atoms with van der Waals surface area (Å²) < 4.78 is 5.24. The third kappa shape index (κ3) is 3.76. The van der Waals surface area contributed by atoms with Crippen LogP contribution >= 0.6 is 0 Å². The highest BCUT2D eigenvalue weighted by Gasteiger charge is 2.10. The van der Waals surface area contributed by atoms with Crippen molar-refractivity contribution in [1.82, 2.24) is 9.97 Å². The lowest BCUT2D eigenvalue weighted by atomic mass is 10.1. The van der Waals surface area contributed by atoms with Crippen molar-refractivity contribution in [3.63, 3.8) is 0 Å². The topological polar surface area (TPSA) is 63.0 Å². The fourth-order valence-electron chi connectivity index (χ4n) is 1.50. The Balaban J connectivity index is 1.99. The third-order valence-electron chi connectivity index (χ3n) is 2.19. The van der Waals surface area contributed by atoms with Gasteiger partial charge in [0.05, 0.1) is 12.8 Å². The van der Waals surface area contributed by atoms with Crippen LogP contribution in [0.15, 0.2) is 35.2 Å². The normalized spacial score (nSPS) is 11.3. The van der Waals surface area contributed by atoms with E-state index in [-0.39, 0.29) is 5.54 Å². The minimum Gasteiger partial charge on any atom is -0.467 e. The second kappa shape index (κ2) is 5.08. The predicted molar refractivity (Wildman–Crippen MR) is 71.4 cm³/mol. The van der Waals surface area contributed by atoms with Crippen LogP contribution in [0.4, 0.5) is 11.6 Å². The van der Waals surface area contributed by atoms with Crippen molar-refractivity contribution in [2.45, 2.75) is 32.9 Å². The van der Waals surface area contributed by atoms with Crippen molar-refractivity contribution >= 4 is 11.6 Å². The lowest BCUT2D eigenvalue weighted by Gasteiger charge is -2.21. The minimum absolute atomic E-state index is 0.0212. The highest BCUT2D eigenvalue weighted by atomic mass is 16.3. The number of anilines is 2. The molecule has 0 atom stereocenters. The Morgan fingerprint density at radius 2 is 2.00 bits per heavy atom. The first-order valence-electron chi connectivity index (χ1n) is 5.89. The molecule has 0 unspecified atom stereocenters. The van der Waals surface area contributed by atoms with Crippen LogP contribution in [0.5, 0.6) is 0 Å². The van der Waals surface area contributed by atoms with Gasteiger partial charge < -0.3 is 15.1 Å². The van der Waals surface area contributed by atoms with Crippen LogP contribution in [0.1, 0.15) is 26.5 Å². The highest BCUT2D eigenvalue weighted by molar-refractivity contribution is 5.47. The van der Waals surface area contributed by atoms with E-state index in [9.17, 15) is 0 Å². The molecule has 2 heterocycles. The van der Waals surface area contributed by atoms with Gasteiger partial charge in [-0.25, -0.2) is 9.97 Å². The second-order valence-corrected chi connectivity index (χ2v) is 5.10. The molecule has 2 aromatic rings. The molecule has 5 heteroatoms. The average Bonchev–Trinajstić information content (AvgIpc) is 2.77. The highest BCUT2D eigenvalue weighted by Crippen LogP contribution is 2.14. The molecule has 0 spiro atoms. The molecule has 0 fully saturated rings. The summed E-state index contributed by atoms with van der Waals surface area (Å²) in [6.45, 7) is 6.88. The summed E-state index contributed by atoms with van der Waals surface area (Å²) in [5.41, 5.74) is -0.0212. The van der Waals surface area contributed by atoms with Crippen LogP contribution in [0.25, 0.3) is 0 Å². The minimum atomic E-state index is -0.0212. The smallest absolute Gasteiger partial charge is 0.131 e. The van der Waals surface area contributed by atoms with Gasteiger partial charge in [0.15, 0.2) is 0 Å². The number of nitrogens with one attached hydrogen (secondary N) is 2. The molecule has 0 saturated heterocycles. The summed E-state index contributed by atoms with van der Waals surface area (Å²) in [6, 6.07) is 5.67. The maximum absolute atomic E-state index is 5.24. The van der Waals surface area contributed by atoms with Gasteiger partial charge >= 0.3 is 0 Å². The fourth-order valence-corrected chi connectivity index (χ4v) is 1.50. The molecule has 0 saturated carbocycles. The van der Waals surface area contributed by atoms with Crippen LogP contribution in [-0.4, -0.2) is 15.5 Å². The van der Waals surface area contributed by atoms with Crippen LogP contribution in [-0.2, 0) is 6.54 Å². The van der Waals surface area contributed by atoms with E-state index >= 15 is 0 Å². The van der Waals surface area contributed by atoms with Crippen LogP contribution in [0, 0.1) is 0 Å². The van der Waals surface area contributed by atoms with Crippen LogP contribution in [0.3, 0.4) is 0 Å². The van der Waals surface area contributed by atoms with Gasteiger partial charge in [-0.05, 0) is 32.9 Å². The summed E-state index contributed by atoms with van der Waals surface area (Å²) in [5, 5.41) is 6.49. The van der Waals surface area contributed by atoms with Crippen molar-refractivity contribution in [3.8, 4) is 0 Å². The van der Waals surface area contributed by atoms with E-state index in [1.165, 1.54) is 0 Å². The maximum Gasteiger partial charge on any atom is 0.131 e. The van der Waals surface area contributed by atoms with E-state index in [2.05, 4.69) is 41.4 Å². The molecular weight excluding hydrogens is 228 g/mol. The fraction of sp³-hybridized carbons (Fsp3) is 0.385. The summed E-state index contributed by atoms with van der Waals surface area (Å²) >= 11 is 0. The maximum atomic E-state index is 5.24. The van der Waals surface area contributed by atoms with E-state index in [4.69, 9.17) is 4.42 Å². The van der Waals surface area contributed by atoms with E-state index in [0.717, 1.165) is 17.4 Å². The Labute approximate surface area is 107 Å². The standard InChI is InChI=1S/C13H18N4O/c1-13(2,3)17-12-7-11(15-9-16-12)14-8-10-5-4-6-18-10/h4-7,9H,8H2,1-3H3,(H2,14,15,16,17). The molecule has 18 heavy (non-hydrogen) atoms. The zero-order chi connectivity index (χ0) is 13.0. The van der Waals surface area contributed by atoms with Crippen molar-refractivity contribution in [2.24, 2.45) is 0 Å². The number of aromatic nitrogens is 2. The zero-order valence-electron chi connectivity index (χ0n) is 10.9. The SMILES string of the molecule is CC(C)(C)Nc1cc(NCc2ccco2)ncn1. The van der Waals surface area contributed by atoms with E-state index < -0.39 is 0 Å². The van der Waals surface area contributed by atoms with Gasteiger partial charge in [0.1, 0.15) is 23.7 Å². The van der Waals surface area contributed by atoms with E-state index in [0.29, 0.717) is 6.54 Å².